The number of hydrogen-bond donors (Lipinski definition) is 0. The highest BCUT2D eigenvalue weighted by Gasteiger charge is 2.40. The van der Waals surface area contributed by atoms with E-state index in [-0.39, 0.29) is 16.2 Å². The van der Waals surface area contributed by atoms with E-state index in [2.05, 4.69) is 241 Å². The van der Waals surface area contributed by atoms with Gasteiger partial charge in [0.2, 0.25) is 0 Å². The summed E-state index contributed by atoms with van der Waals surface area (Å²) in [6.07, 6.45) is 3.14. The minimum absolute atomic E-state index is 0.126. The Hall–Kier alpha value is -7.22. The molecule has 4 aliphatic carbocycles. The second-order valence-electron chi connectivity index (χ2n) is 21.6. The SMILES string of the molecule is CC1(C)c2ccccc2-c2ccc(N(c3cccc(-c4ccc5c(c4CC4CCc6ccccc6-c6ccccc64)C(C)(C)c4ccccc4-5)c3)c3ccc4c(c3)C(C)(C)c3ccccc3-4)cc21. The van der Waals surface area contributed by atoms with Crippen molar-refractivity contribution < 1.29 is 0 Å². The molecular weight excluding hydrogens is 819 g/mol. The minimum atomic E-state index is -0.155. The lowest BCUT2D eigenvalue weighted by Crippen LogP contribution is -2.19. The third-order valence-corrected chi connectivity index (χ3v) is 16.8. The van der Waals surface area contributed by atoms with Gasteiger partial charge in [0.25, 0.3) is 0 Å². The predicted octanol–water partition coefficient (Wildman–Crippen LogP) is 17.7. The Kier molecular flexibility index (Phi) is 8.98. The van der Waals surface area contributed by atoms with E-state index < -0.39 is 0 Å². The number of rotatable bonds is 6. The van der Waals surface area contributed by atoms with Gasteiger partial charge < -0.3 is 4.90 Å². The molecule has 0 amide bonds. The number of hydrogen-bond acceptors (Lipinski definition) is 1. The average molecular weight is 876 g/mol. The van der Waals surface area contributed by atoms with Crippen LogP contribution in [0.15, 0.2) is 194 Å². The molecule has 9 aromatic rings. The molecule has 330 valence electrons. The van der Waals surface area contributed by atoms with Crippen LogP contribution < -0.4 is 4.90 Å². The third kappa shape index (κ3) is 5.94. The normalized spacial score (nSPS) is 16.8. The van der Waals surface area contributed by atoms with Gasteiger partial charge in [-0.25, -0.2) is 0 Å². The smallest absolute Gasteiger partial charge is 0.0467 e. The first-order valence-electron chi connectivity index (χ1n) is 24.8. The zero-order chi connectivity index (χ0) is 46.1. The fourth-order valence-electron chi connectivity index (χ4n) is 13.4. The van der Waals surface area contributed by atoms with Gasteiger partial charge in [-0.2, -0.15) is 0 Å². The maximum atomic E-state index is 2.54. The molecule has 0 N–H and O–H groups in total. The molecule has 1 unspecified atom stereocenters. The van der Waals surface area contributed by atoms with Crippen molar-refractivity contribution in [1.29, 1.82) is 0 Å². The van der Waals surface area contributed by atoms with E-state index in [4.69, 9.17) is 0 Å². The van der Waals surface area contributed by atoms with Crippen LogP contribution in [0, 0.1) is 0 Å². The fourth-order valence-corrected chi connectivity index (χ4v) is 13.4. The van der Waals surface area contributed by atoms with Crippen molar-refractivity contribution in [2.45, 2.75) is 83.0 Å². The molecule has 1 atom stereocenters. The van der Waals surface area contributed by atoms with Crippen LogP contribution in [0.2, 0.25) is 0 Å². The molecule has 0 aromatic heterocycles. The Morgan fingerprint density at radius 1 is 0.382 bits per heavy atom. The van der Waals surface area contributed by atoms with Gasteiger partial charge in [-0.3, -0.25) is 0 Å². The number of benzene rings is 9. The molecule has 1 nitrogen and oxygen atoms in total. The molecule has 0 heterocycles. The van der Waals surface area contributed by atoms with Crippen molar-refractivity contribution >= 4 is 17.1 Å². The molecule has 0 aliphatic heterocycles. The fraction of sp³-hybridized carbons (Fsp3) is 0.194. The molecule has 13 rings (SSSR count). The molecule has 1 heteroatoms. The summed E-state index contributed by atoms with van der Waals surface area (Å²) in [6, 6.07) is 74.3. The average Bonchev–Trinajstić information content (AvgIpc) is 3.78. The Morgan fingerprint density at radius 3 is 1.49 bits per heavy atom. The zero-order valence-electron chi connectivity index (χ0n) is 40.1. The summed E-state index contributed by atoms with van der Waals surface area (Å²) in [4.78, 5) is 2.54. The van der Waals surface area contributed by atoms with Gasteiger partial charge in [0.05, 0.1) is 0 Å². The third-order valence-electron chi connectivity index (χ3n) is 16.8. The first-order chi connectivity index (χ1) is 33.0. The second kappa shape index (κ2) is 14.9. The van der Waals surface area contributed by atoms with Gasteiger partial charge >= 0.3 is 0 Å². The maximum Gasteiger partial charge on any atom is 0.0467 e. The van der Waals surface area contributed by atoms with Crippen molar-refractivity contribution in [2.24, 2.45) is 0 Å². The van der Waals surface area contributed by atoms with Crippen LogP contribution in [0.5, 0.6) is 0 Å². The summed E-state index contributed by atoms with van der Waals surface area (Å²) in [5, 5.41) is 0. The Morgan fingerprint density at radius 2 is 0.853 bits per heavy atom. The predicted molar refractivity (Wildman–Crippen MR) is 286 cm³/mol. The van der Waals surface area contributed by atoms with Crippen LogP contribution in [0.1, 0.15) is 104 Å². The highest BCUT2D eigenvalue weighted by molar-refractivity contribution is 5.91. The van der Waals surface area contributed by atoms with Crippen LogP contribution >= 0.6 is 0 Å². The van der Waals surface area contributed by atoms with E-state index in [0.717, 1.165) is 24.9 Å². The van der Waals surface area contributed by atoms with E-state index in [0.29, 0.717) is 5.92 Å². The number of aryl methyl sites for hydroxylation is 1. The van der Waals surface area contributed by atoms with Crippen LogP contribution in [-0.2, 0) is 29.1 Å². The molecular formula is C67H57N. The minimum Gasteiger partial charge on any atom is -0.310 e. The molecule has 9 aromatic carbocycles. The van der Waals surface area contributed by atoms with E-state index in [1.54, 1.807) is 0 Å². The quantitative estimate of drug-likeness (QED) is 0.161. The van der Waals surface area contributed by atoms with Gasteiger partial charge in [-0.15, -0.1) is 0 Å². The molecule has 0 radical (unpaired) electrons. The zero-order valence-corrected chi connectivity index (χ0v) is 40.1. The molecule has 68 heavy (non-hydrogen) atoms. The summed E-state index contributed by atoms with van der Waals surface area (Å²) in [5.41, 5.74) is 29.5. The van der Waals surface area contributed by atoms with Gasteiger partial charge in [0.1, 0.15) is 0 Å². The summed E-state index contributed by atoms with van der Waals surface area (Å²) >= 11 is 0. The highest BCUT2D eigenvalue weighted by Crippen LogP contribution is 2.56. The van der Waals surface area contributed by atoms with Gasteiger partial charge in [-0.05, 0) is 167 Å². The number of nitrogens with zero attached hydrogens (tertiary/aromatic N) is 1. The van der Waals surface area contributed by atoms with E-state index >= 15 is 0 Å². The van der Waals surface area contributed by atoms with Crippen molar-refractivity contribution in [3.63, 3.8) is 0 Å². The van der Waals surface area contributed by atoms with E-state index in [9.17, 15) is 0 Å². The first-order valence-corrected chi connectivity index (χ1v) is 24.8. The lowest BCUT2D eigenvalue weighted by molar-refractivity contribution is 0.605. The summed E-state index contributed by atoms with van der Waals surface area (Å²) in [7, 11) is 0. The maximum absolute atomic E-state index is 2.54. The summed E-state index contributed by atoms with van der Waals surface area (Å²) in [6.45, 7) is 14.5. The molecule has 0 fully saturated rings. The van der Waals surface area contributed by atoms with Gasteiger partial charge in [0.15, 0.2) is 0 Å². The molecule has 0 bridgehead atoms. The molecule has 0 saturated heterocycles. The lowest BCUT2D eigenvalue weighted by atomic mass is 9.75. The van der Waals surface area contributed by atoms with Crippen molar-refractivity contribution in [3.8, 4) is 55.6 Å². The standard InChI is InChI=1S/C67H57N/c1-65(2)59-27-14-11-24-52(59)55-34-32-46(40-62(55)65)68(47-33-35-56-53-25-12-15-28-60(53)66(3,4)63(56)41-47)45-20-17-19-43(38-45)50-36-37-57-54-26-13-16-29-61(54)67(5,6)64(57)58(50)39-44-31-30-42-18-7-8-21-48(42)51-23-10-9-22-49(44)51/h7-29,32-38,40-41,44H,30-31,39H2,1-6H3. The topological polar surface area (TPSA) is 3.24 Å². The van der Waals surface area contributed by atoms with E-state index in [1.807, 2.05) is 0 Å². The Bertz CT molecular complexity index is 3430. The van der Waals surface area contributed by atoms with Crippen LogP contribution in [-0.4, -0.2) is 0 Å². The first kappa shape index (κ1) is 41.0. The Balaban J connectivity index is 0.999. The molecule has 4 aliphatic rings. The van der Waals surface area contributed by atoms with Crippen molar-refractivity contribution in [1.82, 2.24) is 0 Å². The van der Waals surface area contributed by atoms with Crippen LogP contribution in [0.3, 0.4) is 0 Å². The van der Waals surface area contributed by atoms with Crippen LogP contribution in [0.25, 0.3) is 55.6 Å². The lowest BCUT2D eigenvalue weighted by Gasteiger charge is -2.31. The highest BCUT2D eigenvalue weighted by atomic mass is 15.1. The molecule has 0 saturated carbocycles. The monoisotopic (exact) mass is 875 g/mol. The van der Waals surface area contributed by atoms with Crippen molar-refractivity contribution in [2.75, 3.05) is 4.90 Å². The van der Waals surface area contributed by atoms with Crippen molar-refractivity contribution in [3.05, 3.63) is 244 Å². The van der Waals surface area contributed by atoms with Crippen LogP contribution in [0.4, 0.5) is 17.1 Å². The summed E-state index contributed by atoms with van der Waals surface area (Å²) in [5.74, 6) is 0.362. The number of fused-ring (bicyclic) bond motifs is 12. The largest absolute Gasteiger partial charge is 0.310 e. The second-order valence-corrected chi connectivity index (χ2v) is 21.6. The van der Waals surface area contributed by atoms with Gasteiger partial charge in [0, 0.05) is 33.3 Å². The summed E-state index contributed by atoms with van der Waals surface area (Å²) < 4.78 is 0. The Labute approximate surface area is 402 Å². The van der Waals surface area contributed by atoms with E-state index in [1.165, 1.54) is 117 Å². The number of anilines is 3. The molecule has 0 spiro atoms. The van der Waals surface area contributed by atoms with Gasteiger partial charge in [-0.1, -0.05) is 199 Å².